The van der Waals surface area contributed by atoms with E-state index in [9.17, 15) is 0 Å². The van der Waals surface area contributed by atoms with Crippen molar-refractivity contribution in [2.75, 3.05) is 19.6 Å². The van der Waals surface area contributed by atoms with Crippen LogP contribution in [-0.4, -0.2) is 34.2 Å². The van der Waals surface area contributed by atoms with Gasteiger partial charge in [-0.05, 0) is 30.5 Å². The number of hydrogen-bond donors (Lipinski definition) is 3. The van der Waals surface area contributed by atoms with Gasteiger partial charge in [0.25, 0.3) is 0 Å². The van der Waals surface area contributed by atoms with Gasteiger partial charge in [-0.25, -0.2) is 4.98 Å². The largest absolute Gasteiger partial charge is 0.346 e. The van der Waals surface area contributed by atoms with Gasteiger partial charge in [0.2, 0.25) is 0 Å². The molecule has 3 N–H and O–H groups in total. The smallest absolute Gasteiger partial charge is 0.139 e. The number of fused-ring (bicyclic) bond motifs is 3. The van der Waals surface area contributed by atoms with Crippen molar-refractivity contribution in [3.8, 4) is 0 Å². The number of aromatic nitrogens is 3. The van der Waals surface area contributed by atoms with Gasteiger partial charge in [-0.3, -0.25) is 0 Å². The van der Waals surface area contributed by atoms with Gasteiger partial charge in [0.15, 0.2) is 0 Å². The predicted molar refractivity (Wildman–Crippen MR) is 88.0 cm³/mol. The molecule has 0 aliphatic carbocycles. The predicted octanol–water partition coefficient (Wildman–Crippen LogP) is 2.33. The molecule has 114 valence electrons. The summed E-state index contributed by atoms with van der Waals surface area (Å²) in [4.78, 5) is 7.96. The fourth-order valence-electron chi connectivity index (χ4n) is 3.93. The Morgan fingerprint density at radius 2 is 2.23 bits per heavy atom. The Kier molecular flexibility index (Phi) is 2.63. The molecule has 0 radical (unpaired) electrons. The lowest BCUT2D eigenvalue weighted by atomic mass is 9.94. The molecular weight excluding hydrogens is 274 g/mol. The van der Waals surface area contributed by atoms with E-state index in [4.69, 9.17) is 0 Å². The molecule has 2 aliphatic rings. The first-order valence-corrected chi connectivity index (χ1v) is 8.23. The van der Waals surface area contributed by atoms with E-state index in [2.05, 4.69) is 50.6 Å². The molecule has 2 saturated heterocycles. The zero-order chi connectivity index (χ0) is 14.7. The van der Waals surface area contributed by atoms with Crippen LogP contribution >= 0.6 is 0 Å². The maximum absolute atomic E-state index is 4.61. The lowest BCUT2D eigenvalue weighted by Gasteiger charge is -2.31. The van der Waals surface area contributed by atoms with Gasteiger partial charge in [-0.2, -0.15) is 0 Å². The van der Waals surface area contributed by atoms with E-state index in [1.807, 2.05) is 6.20 Å². The van der Waals surface area contributed by atoms with Gasteiger partial charge in [-0.15, -0.1) is 0 Å². The van der Waals surface area contributed by atoms with Crippen molar-refractivity contribution in [1.29, 1.82) is 0 Å². The summed E-state index contributed by atoms with van der Waals surface area (Å²) >= 11 is 0. The van der Waals surface area contributed by atoms with Crippen molar-refractivity contribution < 1.29 is 0 Å². The van der Waals surface area contributed by atoms with Crippen molar-refractivity contribution in [2.45, 2.75) is 25.4 Å². The molecule has 3 atom stereocenters. The molecule has 3 aromatic heterocycles. The first-order chi connectivity index (χ1) is 10.8. The molecule has 5 nitrogen and oxygen atoms in total. The molecule has 22 heavy (non-hydrogen) atoms. The topological polar surface area (TPSA) is 67.6 Å². The lowest BCUT2D eigenvalue weighted by Crippen LogP contribution is -2.36. The Morgan fingerprint density at radius 3 is 3.05 bits per heavy atom. The fraction of sp³-hybridized carbons (Fsp3) is 0.471. The third-order valence-electron chi connectivity index (χ3n) is 5.33. The van der Waals surface area contributed by atoms with Gasteiger partial charge < -0.3 is 20.2 Å². The second kappa shape index (κ2) is 4.57. The Labute approximate surface area is 129 Å². The number of nitrogens with one attached hydrogen (secondary N) is 3. The Bertz CT molecular complexity index is 841. The minimum Gasteiger partial charge on any atom is -0.346 e. The number of nitrogens with zero attached hydrogens (tertiary/aromatic N) is 2. The van der Waals surface area contributed by atoms with Crippen molar-refractivity contribution >= 4 is 21.9 Å². The summed E-state index contributed by atoms with van der Waals surface area (Å²) in [6.07, 6.45) is 7.61. The van der Waals surface area contributed by atoms with Gasteiger partial charge in [0, 0.05) is 54.5 Å². The number of aromatic amines is 1. The number of hydrogen-bond acceptors (Lipinski definition) is 3. The normalized spacial score (nSPS) is 28.5. The summed E-state index contributed by atoms with van der Waals surface area (Å²) in [7, 11) is 0. The summed E-state index contributed by atoms with van der Waals surface area (Å²) in [5.41, 5.74) is 3.72. The molecule has 5 heterocycles. The molecule has 5 heteroatoms. The summed E-state index contributed by atoms with van der Waals surface area (Å²) in [5.74, 6) is 0.696. The number of piperidine rings is 1. The maximum Gasteiger partial charge on any atom is 0.139 e. The van der Waals surface area contributed by atoms with E-state index in [1.54, 1.807) is 0 Å². The second-order valence-electron chi connectivity index (χ2n) is 6.75. The number of rotatable bonds is 2. The average molecular weight is 295 g/mol. The SMILES string of the molecule is C[C@@H]1CCNC[C@@H]1n1ccc2cnc3[nH]cc([C@@H]4CN4)c3c21. The van der Waals surface area contributed by atoms with E-state index in [1.165, 1.54) is 28.3 Å². The molecule has 3 aromatic rings. The number of H-pyrrole nitrogens is 1. The van der Waals surface area contributed by atoms with Crippen LogP contribution in [0.15, 0.2) is 24.7 Å². The Hall–Kier alpha value is -1.85. The third-order valence-corrected chi connectivity index (χ3v) is 5.33. The van der Waals surface area contributed by atoms with Crippen LogP contribution in [0.5, 0.6) is 0 Å². The summed E-state index contributed by atoms with van der Waals surface area (Å²) in [6.45, 7) is 5.63. The zero-order valence-electron chi connectivity index (χ0n) is 12.8. The maximum atomic E-state index is 4.61. The highest BCUT2D eigenvalue weighted by Gasteiger charge is 2.29. The highest BCUT2D eigenvalue weighted by atomic mass is 15.1. The molecule has 0 spiro atoms. The Morgan fingerprint density at radius 1 is 1.32 bits per heavy atom. The highest BCUT2D eigenvalue weighted by Crippen LogP contribution is 2.36. The van der Waals surface area contributed by atoms with Gasteiger partial charge in [0.05, 0.1) is 5.52 Å². The monoisotopic (exact) mass is 295 g/mol. The highest BCUT2D eigenvalue weighted by molar-refractivity contribution is 6.05. The van der Waals surface area contributed by atoms with Crippen molar-refractivity contribution in [3.05, 3.63) is 30.2 Å². The van der Waals surface area contributed by atoms with E-state index in [-0.39, 0.29) is 0 Å². The standard InChI is InChI=1S/C17H21N5/c1-10-2-4-18-9-14(10)22-5-3-11-6-20-17-15(16(11)22)12(7-21-17)13-8-19-13/h3,5-7,10,13-14,18-19H,2,4,8-9H2,1H3,(H,20,21)/t10-,13+,14+/m1/s1. The van der Waals surface area contributed by atoms with Crippen LogP contribution in [0.1, 0.15) is 31.0 Å². The van der Waals surface area contributed by atoms with E-state index in [0.29, 0.717) is 18.0 Å². The molecule has 2 fully saturated rings. The molecule has 2 aliphatic heterocycles. The summed E-state index contributed by atoms with van der Waals surface area (Å²) in [5, 5.41) is 9.52. The van der Waals surface area contributed by atoms with Crippen molar-refractivity contribution in [3.63, 3.8) is 0 Å². The van der Waals surface area contributed by atoms with Crippen LogP contribution in [0.25, 0.3) is 21.9 Å². The first-order valence-electron chi connectivity index (χ1n) is 8.23. The molecular formula is C17H21N5. The minimum absolute atomic E-state index is 0.492. The Balaban J connectivity index is 1.77. The van der Waals surface area contributed by atoms with Gasteiger partial charge >= 0.3 is 0 Å². The van der Waals surface area contributed by atoms with E-state index < -0.39 is 0 Å². The first kappa shape index (κ1) is 12.7. The number of pyridine rings is 1. The van der Waals surface area contributed by atoms with Gasteiger partial charge in [-0.1, -0.05) is 6.92 Å². The van der Waals surface area contributed by atoms with Crippen LogP contribution in [0.2, 0.25) is 0 Å². The van der Waals surface area contributed by atoms with Crippen LogP contribution < -0.4 is 10.6 Å². The van der Waals surface area contributed by atoms with Crippen molar-refractivity contribution in [1.82, 2.24) is 25.2 Å². The van der Waals surface area contributed by atoms with Crippen molar-refractivity contribution in [2.24, 2.45) is 5.92 Å². The average Bonchev–Trinajstić information content (AvgIpc) is 3.14. The van der Waals surface area contributed by atoms with Crippen LogP contribution in [0.3, 0.4) is 0 Å². The third kappa shape index (κ3) is 1.76. The van der Waals surface area contributed by atoms with Gasteiger partial charge in [0.1, 0.15) is 5.65 Å². The quantitative estimate of drug-likeness (QED) is 0.636. The van der Waals surface area contributed by atoms with Crippen LogP contribution in [-0.2, 0) is 0 Å². The van der Waals surface area contributed by atoms with Crippen LogP contribution in [0.4, 0.5) is 0 Å². The second-order valence-corrected chi connectivity index (χ2v) is 6.75. The molecule has 5 rings (SSSR count). The molecule has 0 unspecified atom stereocenters. The zero-order valence-corrected chi connectivity index (χ0v) is 12.8. The fourth-order valence-corrected chi connectivity index (χ4v) is 3.93. The molecule has 0 saturated carbocycles. The molecule has 0 aromatic carbocycles. The van der Waals surface area contributed by atoms with E-state index >= 15 is 0 Å². The molecule has 0 amide bonds. The summed E-state index contributed by atoms with van der Waals surface area (Å²) in [6, 6.07) is 3.22. The molecule has 0 bridgehead atoms. The van der Waals surface area contributed by atoms with E-state index in [0.717, 1.165) is 25.3 Å². The lowest BCUT2D eigenvalue weighted by molar-refractivity contribution is 0.280. The minimum atomic E-state index is 0.492. The van der Waals surface area contributed by atoms with Crippen LogP contribution in [0, 0.1) is 5.92 Å². The summed E-state index contributed by atoms with van der Waals surface area (Å²) < 4.78 is 2.48.